The first kappa shape index (κ1) is 12.6. The molecule has 6 heteroatoms. The molecule has 0 aliphatic rings. The molecule has 0 aliphatic heterocycles. The number of nitrogens with one attached hydrogen (secondary N) is 2. The summed E-state index contributed by atoms with van der Waals surface area (Å²) in [6.07, 6.45) is 0. The minimum Gasteiger partial charge on any atom is -0.440 e. The van der Waals surface area contributed by atoms with Crippen LogP contribution >= 0.6 is 11.6 Å². The smallest absolute Gasteiger partial charge is 0.287 e. The Bertz CT molecular complexity index is 389. The zero-order valence-corrected chi connectivity index (χ0v) is 9.80. The second-order valence-corrected chi connectivity index (χ2v) is 3.57. The summed E-state index contributed by atoms with van der Waals surface area (Å²) in [5.74, 6) is -0.625. The fourth-order valence-corrected chi connectivity index (χ4v) is 1.24. The van der Waals surface area contributed by atoms with Gasteiger partial charge < -0.3 is 15.1 Å². The summed E-state index contributed by atoms with van der Waals surface area (Å²) in [7, 11) is 0. The van der Waals surface area contributed by atoms with E-state index >= 15 is 0 Å². The van der Waals surface area contributed by atoms with Crippen LogP contribution in [-0.4, -0.2) is 24.4 Å². The third-order valence-electron chi connectivity index (χ3n) is 1.89. The molecule has 0 saturated heterocycles. The largest absolute Gasteiger partial charge is 0.440 e. The van der Waals surface area contributed by atoms with Crippen molar-refractivity contribution in [2.45, 2.75) is 19.9 Å². The number of carbonyl (C=O) groups excluding carboxylic acids is 2. The molecule has 1 rings (SSSR count). The quantitative estimate of drug-likeness (QED) is 0.836. The number of furan rings is 1. The standard InChI is InChI=1S/C10H13ClN2O3/c1-3-12-9(14)6(2)13-10(15)7-4-5-8(11)16-7/h4-6H,3H2,1-2H3,(H,12,14)(H,13,15). The van der Waals surface area contributed by atoms with Crippen molar-refractivity contribution in [1.29, 1.82) is 0 Å². The van der Waals surface area contributed by atoms with Crippen molar-refractivity contribution in [2.24, 2.45) is 0 Å². The Balaban J connectivity index is 2.54. The molecule has 0 saturated carbocycles. The van der Waals surface area contributed by atoms with Gasteiger partial charge in [0.05, 0.1) is 0 Å². The highest BCUT2D eigenvalue weighted by Crippen LogP contribution is 2.12. The molecule has 2 N–H and O–H groups in total. The molecule has 1 atom stereocenters. The Hall–Kier alpha value is -1.49. The molecule has 16 heavy (non-hydrogen) atoms. The fraction of sp³-hybridized carbons (Fsp3) is 0.400. The summed E-state index contributed by atoms with van der Waals surface area (Å²) in [5.41, 5.74) is 0. The summed E-state index contributed by atoms with van der Waals surface area (Å²) in [4.78, 5) is 22.9. The highest BCUT2D eigenvalue weighted by molar-refractivity contribution is 6.29. The molecule has 1 aromatic heterocycles. The monoisotopic (exact) mass is 244 g/mol. The van der Waals surface area contributed by atoms with Gasteiger partial charge in [-0.15, -0.1) is 0 Å². The van der Waals surface area contributed by atoms with E-state index in [0.29, 0.717) is 6.54 Å². The number of carbonyl (C=O) groups is 2. The second-order valence-electron chi connectivity index (χ2n) is 3.19. The maximum absolute atomic E-state index is 11.5. The van der Waals surface area contributed by atoms with Gasteiger partial charge >= 0.3 is 0 Å². The van der Waals surface area contributed by atoms with Crippen LogP contribution in [-0.2, 0) is 4.79 Å². The van der Waals surface area contributed by atoms with Crippen molar-refractivity contribution in [3.63, 3.8) is 0 Å². The molecule has 1 unspecified atom stereocenters. The third kappa shape index (κ3) is 3.27. The lowest BCUT2D eigenvalue weighted by Crippen LogP contribution is -2.44. The van der Waals surface area contributed by atoms with Gasteiger partial charge in [-0.1, -0.05) is 0 Å². The maximum atomic E-state index is 11.5. The topological polar surface area (TPSA) is 71.3 Å². The Kier molecular flexibility index (Phi) is 4.37. The molecule has 5 nitrogen and oxygen atoms in total. The number of rotatable bonds is 4. The molecule has 0 radical (unpaired) electrons. The Morgan fingerprint density at radius 3 is 2.69 bits per heavy atom. The van der Waals surface area contributed by atoms with E-state index in [1.807, 2.05) is 0 Å². The van der Waals surface area contributed by atoms with Gasteiger partial charge in [-0.05, 0) is 37.6 Å². The first-order chi connectivity index (χ1) is 7.54. The normalized spacial score (nSPS) is 11.9. The molecule has 0 aliphatic carbocycles. The van der Waals surface area contributed by atoms with Gasteiger partial charge in [0.25, 0.3) is 5.91 Å². The number of likely N-dealkylation sites (N-methyl/N-ethyl adjacent to an activating group) is 1. The lowest BCUT2D eigenvalue weighted by molar-refractivity contribution is -0.122. The molecule has 0 aromatic carbocycles. The van der Waals surface area contributed by atoms with Crippen LogP contribution in [0.1, 0.15) is 24.4 Å². The summed E-state index contributed by atoms with van der Waals surface area (Å²) in [6.45, 7) is 3.91. The van der Waals surface area contributed by atoms with Gasteiger partial charge in [0.15, 0.2) is 11.0 Å². The van der Waals surface area contributed by atoms with Gasteiger partial charge in [-0.3, -0.25) is 9.59 Å². The lowest BCUT2D eigenvalue weighted by atomic mass is 10.3. The zero-order valence-electron chi connectivity index (χ0n) is 9.04. The predicted octanol–water partition coefficient (Wildman–Crippen LogP) is 1.19. The van der Waals surface area contributed by atoms with Crippen molar-refractivity contribution >= 4 is 23.4 Å². The number of halogens is 1. The van der Waals surface area contributed by atoms with E-state index in [1.165, 1.54) is 12.1 Å². The first-order valence-electron chi connectivity index (χ1n) is 4.88. The van der Waals surface area contributed by atoms with Crippen LogP contribution in [0.15, 0.2) is 16.5 Å². The lowest BCUT2D eigenvalue weighted by Gasteiger charge is -2.11. The van der Waals surface area contributed by atoms with E-state index < -0.39 is 11.9 Å². The van der Waals surface area contributed by atoms with Gasteiger partial charge in [0, 0.05) is 6.54 Å². The number of amides is 2. The van der Waals surface area contributed by atoms with Crippen molar-refractivity contribution in [1.82, 2.24) is 10.6 Å². The van der Waals surface area contributed by atoms with Crippen LogP contribution in [0.25, 0.3) is 0 Å². The van der Waals surface area contributed by atoms with E-state index in [0.717, 1.165) is 0 Å². The van der Waals surface area contributed by atoms with Crippen LogP contribution in [0, 0.1) is 0 Å². The first-order valence-corrected chi connectivity index (χ1v) is 5.26. The maximum Gasteiger partial charge on any atom is 0.287 e. The van der Waals surface area contributed by atoms with Crippen LogP contribution in [0.5, 0.6) is 0 Å². The van der Waals surface area contributed by atoms with Crippen molar-refractivity contribution in [2.75, 3.05) is 6.54 Å². The molecule has 88 valence electrons. The van der Waals surface area contributed by atoms with E-state index in [9.17, 15) is 9.59 Å². The average molecular weight is 245 g/mol. The molecule has 1 aromatic rings. The van der Waals surface area contributed by atoms with Gasteiger partial charge in [0.2, 0.25) is 5.91 Å². The van der Waals surface area contributed by atoms with E-state index in [4.69, 9.17) is 16.0 Å². The van der Waals surface area contributed by atoms with Crippen LogP contribution in [0.3, 0.4) is 0 Å². The van der Waals surface area contributed by atoms with Gasteiger partial charge in [-0.2, -0.15) is 0 Å². The minimum atomic E-state index is -0.615. The van der Waals surface area contributed by atoms with Crippen molar-refractivity contribution in [3.8, 4) is 0 Å². The molecule has 0 fully saturated rings. The highest BCUT2D eigenvalue weighted by Gasteiger charge is 2.17. The van der Waals surface area contributed by atoms with Gasteiger partial charge in [0.1, 0.15) is 6.04 Å². The summed E-state index contributed by atoms with van der Waals surface area (Å²) < 4.78 is 4.91. The van der Waals surface area contributed by atoms with Crippen molar-refractivity contribution in [3.05, 3.63) is 23.1 Å². The summed E-state index contributed by atoms with van der Waals surface area (Å²) >= 11 is 5.53. The molecule has 0 bridgehead atoms. The Morgan fingerprint density at radius 2 is 2.19 bits per heavy atom. The van der Waals surface area contributed by atoms with E-state index in [1.54, 1.807) is 13.8 Å². The average Bonchev–Trinajstić information content (AvgIpc) is 2.65. The summed E-state index contributed by atoms with van der Waals surface area (Å²) in [6, 6.07) is 2.30. The second kappa shape index (κ2) is 5.55. The molecular weight excluding hydrogens is 232 g/mol. The Morgan fingerprint density at radius 1 is 1.50 bits per heavy atom. The predicted molar refractivity (Wildman–Crippen MR) is 59.3 cm³/mol. The number of hydrogen-bond acceptors (Lipinski definition) is 3. The van der Waals surface area contributed by atoms with Crippen LogP contribution in [0.4, 0.5) is 0 Å². The SMILES string of the molecule is CCNC(=O)C(C)NC(=O)c1ccc(Cl)o1. The molecular formula is C10H13ClN2O3. The minimum absolute atomic E-state index is 0.0844. The third-order valence-corrected chi connectivity index (χ3v) is 2.09. The molecule has 2 amide bonds. The fourth-order valence-electron chi connectivity index (χ4n) is 1.10. The van der Waals surface area contributed by atoms with Crippen LogP contribution < -0.4 is 10.6 Å². The van der Waals surface area contributed by atoms with E-state index in [2.05, 4.69) is 10.6 Å². The Labute approximate surface area is 98.1 Å². The van der Waals surface area contributed by atoms with E-state index in [-0.39, 0.29) is 16.9 Å². The highest BCUT2D eigenvalue weighted by atomic mass is 35.5. The summed E-state index contributed by atoms with van der Waals surface area (Å²) in [5, 5.41) is 5.22. The number of hydrogen-bond donors (Lipinski definition) is 2. The van der Waals surface area contributed by atoms with Crippen molar-refractivity contribution < 1.29 is 14.0 Å². The zero-order chi connectivity index (χ0) is 12.1. The molecule has 0 spiro atoms. The molecule has 1 heterocycles. The van der Waals surface area contributed by atoms with Crippen LogP contribution in [0.2, 0.25) is 5.22 Å². The van der Waals surface area contributed by atoms with Gasteiger partial charge in [-0.25, -0.2) is 0 Å².